The molecule has 4 aromatic rings. The summed E-state index contributed by atoms with van der Waals surface area (Å²) >= 11 is 0. The van der Waals surface area contributed by atoms with E-state index in [9.17, 15) is 9.59 Å². The lowest BCUT2D eigenvalue weighted by Crippen LogP contribution is -2.12. The first kappa shape index (κ1) is 22.9. The molecule has 0 radical (unpaired) electrons. The van der Waals surface area contributed by atoms with Crippen molar-refractivity contribution in [3.8, 4) is 22.9 Å². The Morgan fingerprint density at radius 2 is 1.50 bits per heavy atom. The van der Waals surface area contributed by atoms with Gasteiger partial charge in [-0.2, -0.15) is 0 Å². The maximum atomic E-state index is 13.0. The van der Waals surface area contributed by atoms with Crippen LogP contribution in [0.5, 0.6) is 17.2 Å². The van der Waals surface area contributed by atoms with Gasteiger partial charge in [0, 0.05) is 16.8 Å². The van der Waals surface area contributed by atoms with Gasteiger partial charge in [0.25, 0.3) is 0 Å². The van der Waals surface area contributed by atoms with E-state index in [2.05, 4.69) is 0 Å². The Kier molecular flexibility index (Phi) is 6.54. The first-order chi connectivity index (χ1) is 16.5. The molecule has 0 fully saturated rings. The predicted octanol–water partition coefficient (Wildman–Crippen LogP) is 5.35. The number of esters is 2. The van der Waals surface area contributed by atoms with Gasteiger partial charge in [-0.15, -0.1) is 0 Å². The molecule has 174 valence electrons. The number of rotatable bonds is 7. The van der Waals surface area contributed by atoms with Crippen LogP contribution in [0.4, 0.5) is 0 Å². The molecule has 0 spiro atoms. The van der Waals surface area contributed by atoms with E-state index in [1.54, 1.807) is 37.3 Å². The number of fused-ring (bicyclic) bond motifs is 1. The van der Waals surface area contributed by atoms with Crippen LogP contribution >= 0.6 is 0 Å². The number of nitrogens with zero attached hydrogens (tertiary/aromatic N) is 1. The standard InChI is InChI=1S/C27H25NO6/c1-5-33-26(29)24-17(2)28(18-10-7-6-8-11-18)21-15-14-19(16-20(21)24)34-27(30)25-22(31-3)12-9-13-23(25)32-4/h6-16H,5H2,1-4H3. The minimum absolute atomic E-state index is 0.177. The third kappa shape index (κ3) is 4.08. The van der Waals surface area contributed by atoms with Crippen molar-refractivity contribution in [3.05, 3.63) is 83.6 Å². The molecule has 1 heterocycles. The molecule has 0 bridgehead atoms. The fourth-order valence-corrected chi connectivity index (χ4v) is 4.04. The molecule has 0 atom stereocenters. The molecule has 7 heteroatoms. The predicted molar refractivity (Wildman–Crippen MR) is 128 cm³/mol. The third-order valence-corrected chi connectivity index (χ3v) is 5.51. The smallest absolute Gasteiger partial charge is 0.351 e. The first-order valence-corrected chi connectivity index (χ1v) is 10.8. The lowest BCUT2D eigenvalue weighted by Gasteiger charge is -2.12. The van der Waals surface area contributed by atoms with E-state index >= 15 is 0 Å². The fourth-order valence-electron chi connectivity index (χ4n) is 4.04. The molecule has 0 aliphatic rings. The van der Waals surface area contributed by atoms with Gasteiger partial charge in [-0.25, -0.2) is 9.59 Å². The summed E-state index contributed by atoms with van der Waals surface area (Å²) < 4.78 is 23.6. The molecule has 0 aliphatic carbocycles. The van der Waals surface area contributed by atoms with Crippen molar-refractivity contribution in [2.75, 3.05) is 20.8 Å². The van der Waals surface area contributed by atoms with E-state index in [1.807, 2.05) is 47.9 Å². The molecule has 7 nitrogen and oxygen atoms in total. The number of hydrogen-bond donors (Lipinski definition) is 0. The molecule has 34 heavy (non-hydrogen) atoms. The highest BCUT2D eigenvalue weighted by molar-refractivity contribution is 6.07. The van der Waals surface area contributed by atoms with Gasteiger partial charge in [0.1, 0.15) is 22.8 Å². The van der Waals surface area contributed by atoms with Gasteiger partial charge >= 0.3 is 11.9 Å². The van der Waals surface area contributed by atoms with Gasteiger partial charge in [-0.3, -0.25) is 0 Å². The summed E-state index contributed by atoms with van der Waals surface area (Å²) in [6.45, 7) is 3.88. The highest BCUT2D eigenvalue weighted by Crippen LogP contribution is 2.34. The molecule has 0 saturated heterocycles. The molecule has 1 aromatic heterocycles. The summed E-state index contributed by atoms with van der Waals surface area (Å²) in [7, 11) is 2.94. The van der Waals surface area contributed by atoms with E-state index in [4.69, 9.17) is 18.9 Å². The van der Waals surface area contributed by atoms with Crippen molar-refractivity contribution >= 4 is 22.8 Å². The Morgan fingerprint density at radius 3 is 2.12 bits per heavy atom. The van der Waals surface area contributed by atoms with E-state index in [0.29, 0.717) is 22.4 Å². The Bertz CT molecular complexity index is 1330. The van der Waals surface area contributed by atoms with E-state index in [1.165, 1.54) is 14.2 Å². The second-order valence-corrected chi connectivity index (χ2v) is 7.46. The fraction of sp³-hybridized carbons (Fsp3) is 0.185. The van der Waals surface area contributed by atoms with Crippen LogP contribution in [0.2, 0.25) is 0 Å². The van der Waals surface area contributed by atoms with Crippen molar-refractivity contribution in [2.24, 2.45) is 0 Å². The summed E-state index contributed by atoms with van der Waals surface area (Å²) in [4.78, 5) is 25.9. The Morgan fingerprint density at radius 1 is 0.824 bits per heavy atom. The number of carbonyl (C=O) groups is 2. The van der Waals surface area contributed by atoms with Crippen LogP contribution in [0.3, 0.4) is 0 Å². The number of hydrogen-bond acceptors (Lipinski definition) is 6. The van der Waals surface area contributed by atoms with Gasteiger partial charge in [0.05, 0.1) is 31.9 Å². The SMILES string of the molecule is CCOC(=O)c1c(C)n(-c2ccccc2)c2ccc(OC(=O)c3c(OC)cccc3OC)cc12. The van der Waals surface area contributed by atoms with Crippen LogP contribution in [0.25, 0.3) is 16.6 Å². The average Bonchev–Trinajstić information content (AvgIpc) is 3.15. The second kappa shape index (κ2) is 9.70. The van der Waals surface area contributed by atoms with Crippen molar-refractivity contribution in [1.29, 1.82) is 0 Å². The Balaban J connectivity index is 1.82. The number of carbonyl (C=O) groups excluding carboxylic acids is 2. The van der Waals surface area contributed by atoms with Crippen molar-refractivity contribution in [1.82, 2.24) is 4.57 Å². The lowest BCUT2D eigenvalue weighted by atomic mass is 10.1. The molecule has 3 aromatic carbocycles. The minimum atomic E-state index is -0.634. The second-order valence-electron chi connectivity index (χ2n) is 7.46. The topological polar surface area (TPSA) is 76.0 Å². The molecule has 0 N–H and O–H groups in total. The molecule has 0 saturated carbocycles. The van der Waals surface area contributed by atoms with Crippen LogP contribution in [-0.2, 0) is 4.74 Å². The van der Waals surface area contributed by atoms with Crippen LogP contribution in [0, 0.1) is 6.92 Å². The summed E-state index contributed by atoms with van der Waals surface area (Å²) in [6.07, 6.45) is 0. The quantitative estimate of drug-likeness (QED) is 0.274. The van der Waals surface area contributed by atoms with Crippen LogP contribution in [0.15, 0.2) is 66.7 Å². The zero-order valence-electron chi connectivity index (χ0n) is 19.5. The summed E-state index contributed by atoms with van der Waals surface area (Å²) in [5.74, 6) is -0.117. The van der Waals surface area contributed by atoms with E-state index in [-0.39, 0.29) is 17.9 Å². The molecule has 0 amide bonds. The highest BCUT2D eigenvalue weighted by atomic mass is 16.5. The first-order valence-electron chi connectivity index (χ1n) is 10.8. The van der Waals surface area contributed by atoms with Gasteiger partial charge in [0.15, 0.2) is 0 Å². The van der Waals surface area contributed by atoms with Crippen LogP contribution in [0.1, 0.15) is 33.3 Å². The average molecular weight is 459 g/mol. The third-order valence-electron chi connectivity index (χ3n) is 5.51. The van der Waals surface area contributed by atoms with Crippen molar-refractivity contribution < 1.29 is 28.5 Å². The monoisotopic (exact) mass is 459 g/mol. The van der Waals surface area contributed by atoms with Crippen molar-refractivity contribution in [3.63, 3.8) is 0 Å². The largest absolute Gasteiger partial charge is 0.496 e. The Hall–Kier alpha value is -4.26. The molecular formula is C27H25NO6. The maximum absolute atomic E-state index is 13.0. The zero-order valence-corrected chi connectivity index (χ0v) is 19.5. The normalized spacial score (nSPS) is 10.7. The lowest BCUT2D eigenvalue weighted by molar-refractivity contribution is 0.0527. The highest BCUT2D eigenvalue weighted by Gasteiger charge is 2.24. The molecule has 0 aliphatic heterocycles. The number of ether oxygens (including phenoxy) is 4. The van der Waals surface area contributed by atoms with Gasteiger partial charge in [-0.05, 0) is 56.3 Å². The molecular weight excluding hydrogens is 434 g/mol. The summed E-state index contributed by atoms with van der Waals surface area (Å²) in [5.41, 5.74) is 3.03. The summed E-state index contributed by atoms with van der Waals surface area (Å²) in [6, 6.07) is 19.9. The number of aromatic nitrogens is 1. The van der Waals surface area contributed by atoms with E-state index < -0.39 is 11.9 Å². The molecule has 0 unspecified atom stereocenters. The van der Waals surface area contributed by atoms with Gasteiger partial charge < -0.3 is 23.5 Å². The zero-order chi connectivity index (χ0) is 24.2. The maximum Gasteiger partial charge on any atom is 0.351 e. The number of methoxy groups -OCH3 is 2. The number of para-hydroxylation sites is 1. The van der Waals surface area contributed by atoms with Gasteiger partial charge in [0.2, 0.25) is 0 Å². The van der Waals surface area contributed by atoms with E-state index in [0.717, 1.165) is 16.9 Å². The molecule has 4 rings (SSSR count). The van der Waals surface area contributed by atoms with Crippen LogP contribution < -0.4 is 14.2 Å². The summed E-state index contributed by atoms with van der Waals surface area (Å²) in [5, 5.41) is 0.622. The number of benzene rings is 3. The minimum Gasteiger partial charge on any atom is -0.496 e. The Labute approximate surface area is 197 Å². The van der Waals surface area contributed by atoms with Gasteiger partial charge in [-0.1, -0.05) is 24.3 Å². The van der Waals surface area contributed by atoms with Crippen LogP contribution in [-0.4, -0.2) is 37.3 Å². The van der Waals surface area contributed by atoms with Crippen molar-refractivity contribution in [2.45, 2.75) is 13.8 Å².